The summed E-state index contributed by atoms with van der Waals surface area (Å²) in [5, 5.41) is 16.6. The number of likely N-dealkylation sites (tertiary alicyclic amines) is 1. The molecule has 9 atom stereocenters. The molecule has 20 nitrogen and oxygen atoms in total. The Labute approximate surface area is 523 Å². The molecule has 1 fully saturated rings. The maximum absolute atomic E-state index is 14.7. The standard InChI is InChI=1S/C67H94N8O12S/c1-14-42(6)58(73-61(79)56-34-41(5)31-33-74(56)12)63(80)75(15-2)55(40(3)4)37-57(86-44(8)76)62-71-54(39-88-62)60(78)70-47(35-43(7)64(81)84-13)36-45-27-29-46(30-28-45)69-59(77)53(26-20-21-32-68-65(82)87-67(9,10)11)72-66(83)85-38-52-50-24-18-16-22-48(50)49-23-17-19-25-51(49)52/h16-19,22-25,27-30,39-43,47,52-53,55-58H,14-15,20-21,26,31-38H2,1-13H3,(H,68,82)(H,69,77)(H,70,78)(H,72,83)(H,73,79)/t41-,42+,43+,47-,53+,55-,56-,57-,58+/m1/s1. The van der Waals surface area contributed by atoms with Gasteiger partial charge in [0.05, 0.1) is 19.1 Å². The lowest BCUT2D eigenvalue weighted by molar-refractivity contribution is -0.150. The fraction of sp³-hybridized carbons (Fsp3) is 0.567. The number of fused-ring (bicyclic) bond motifs is 3. The highest BCUT2D eigenvalue weighted by atomic mass is 32.1. The molecule has 0 spiro atoms. The molecule has 1 aliphatic carbocycles. The Hall–Kier alpha value is -7.39. The van der Waals surface area contributed by atoms with Gasteiger partial charge in [-0.1, -0.05) is 109 Å². The molecule has 0 bridgehead atoms. The van der Waals surface area contributed by atoms with E-state index in [0.29, 0.717) is 55.4 Å². The Morgan fingerprint density at radius 3 is 2.10 bits per heavy atom. The zero-order chi connectivity index (χ0) is 64.4. The van der Waals surface area contributed by atoms with Crippen LogP contribution in [0.15, 0.2) is 78.2 Å². The van der Waals surface area contributed by atoms with Crippen LogP contribution in [0.2, 0.25) is 0 Å². The zero-order valence-electron chi connectivity index (χ0n) is 53.7. The van der Waals surface area contributed by atoms with Crippen LogP contribution in [0, 0.1) is 23.7 Å². The second kappa shape index (κ2) is 32.7. The molecule has 2 aliphatic rings. The summed E-state index contributed by atoms with van der Waals surface area (Å²) < 4.78 is 22.2. The summed E-state index contributed by atoms with van der Waals surface area (Å²) in [4.78, 5) is 117. The number of rotatable bonds is 29. The van der Waals surface area contributed by atoms with Crippen LogP contribution in [0.3, 0.4) is 0 Å². The third-order valence-corrected chi connectivity index (χ3v) is 17.6. The van der Waals surface area contributed by atoms with Crippen LogP contribution < -0.4 is 26.6 Å². The summed E-state index contributed by atoms with van der Waals surface area (Å²) in [6, 6.07) is 19.8. The van der Waals surface area contributed by atoms with E-state index in [1.165, 1.54) is 14.0 Å². The first-order valence-corrected chi connectivity index (χ1v) is 32.0. The molecule has 5 N–H and O–H groups in total. The number of nitrogens with zero attached hydrogens (tertiary/aromatic N) is 3. The van der Waals surface area contributed by atoms with Crippen LogP contribution >= 0.6 is 11.3 Å². The number of amides is 6. The van der Waals surface area contributed by atoms with Crippen molar-refractivity contribution in [2.24, 2.45) is 23.7 Å². The molecule has 0 radical (unpaired) electrons. The molecule has 88 heavy (non-hydrogen) atoms. The summed E-state index contributed by atoms with van der Waals surface area (Å²) in [5.74, 6) is -3.10. The van der Waals surface area contributed by atoms with Gasteiger partial charge in [0.1, 0.15) is 35.0 Å². The van der Waals surface area contributed by atoms with Crippen LogP contribution in [0.1, 0.15) is 172 Å². The Morgan fingerprint density at radius 1 is 0.841 bits per heavy atom. The van der Waals surface area contributed by atoms with Gasteiger partial charge in [-0.05, 0) is 144 Å². The number of unbranched alkanes of at least 4 members (excludes halogenated alkanes) is 1. The Balaban J connectivity index is 1.14. The average molecular weight is 1240 g/mol. The molecule has 1 saturated heterocycles. The minimum atomic E-state index is -1.01. The monoisotopic (exact) mass is 1230 g/mol. The normalized spacial score (nSPS) is 17.3. The van der Waals surface area contributed by atoms with Gasteiger partial charge < -0.3 is 50.4 Å². The van der Waals surface area contributed by atoms with Crippen molar-refractivity contribution in [1.82, 2.24) is 36.1 Å². The number of alkyl carbamates (subject to hydrolysis) is 2. The largest absolute Gasteiger partial charge is 0.469 e. The summed E-state index contributed by atoms with van der Waals surface area (Å²) in [5.41, 5.74) is 4.87. The molecule has 6 amide bonds. The van der Waals surface area contributed by atoms with Gasteiger partial charge in [0.2, 0.25) is 17.7 Å². The summed E-state index contributed by atoms with van der Waals surface area (Å²) >= 11 is 1.15. The number of esters is 2. The number of benzene rings is 3. The van der Waals surface area contributed by atoms with Crippen LogP contribution in [0.25, 0.3) is 11.1 Å². The molecule has 1 aliphatic heterocycles. The van der Waals surface area contributed by atoms with Crippen molar-refractivity contribution >= 4 is 64.8 Å². The number of anilines is 1. The molecule has 2 heterocycles. The number of aromatic nitrogens is 1. The van der Waals surface area contributed by atoms with E-state index in [2.05, 4.69) is 38.4 Å². The van der Waals surface area contributed by atoms with Crippen molar-refractivity contribution in [1.29, 1.82) is 0 Å². The van der Waals surface area contributed by atoms with E-state index in [1.807, 2.05) is 90.2 Å². The van der Waals surface area contributed by atoms with Gasteiger partial charge in [-0.25, -0.2) is 14.6 Å². The number of nitrogens with one attached hydrogen (secondary N) is 5. The van der Waals surface area contributed by atoms with Crippen molar-refractivity contribution in [3.8, 4) is 11.1 Å². The molecule has 1 aromatic heterocycles. The molecule has 6 rings (SSSR count). The highest BCUT2D eigenvalue weighted by Gasteiger charge is 2.39. The van der Waals surface area contributed by atoms with E-state index < -0.39 is 77.7 Å². The molecular formula is C67H94N8O12S. The van der Waals surface area contributed by atoms with Gasteiger partial charge in [-0.2, -0.15) is 0 Å². The number of ether oxygens (including phenoxy) is 4. The number of methoxy groups -OCH3 is 1. The van der Waals surface area contributed by atoms with Crippen molar-refractivity contribution in [2.45, 2.75) is 182 Å². The summed E-state index contributed by atoms with van der Waals surface area (Å²) in [7, 11) is 3.25. The highest BCUT2D eigenvalue weighted by Crippen LogP contribution is 2.44. The first-order valence-electron chi connectivity index (χ1n) is 31.1. The minimum Gasteiger partial charge on any atom is -0.469 e. The molecule has 4 aromatic rings. The maximum atomic E-state index is 14.7. The van der Waals surface area contributed by atoms with E-state index >= 15 is 0 Å². The fourth-order valence-electron chi connectivity index (χ4n) is 11.6. The lowest BCUT2D eigenvalue weighted by atomic mass is 9.90. The van der Waals surface area contributed by atoms with Gasteiger partial charge in [0.15, 0.2) is 6.10 Å². The SMILES string of the molecule is CC[C@H](C)[C@H](NC(=O)[C@H]1C[C@H](C)CCN1C)C(=O)N(CC)[C@H](C[C@@H](OC(C)=O)c1nc(C(=O)N[C@@H](Cc2ccc(NC(=O)[C@H](CCCCNC(=O)OC(C)(C)C)NC(=O)OCC3c4ccccc4-c4ccccc43)cc2)C[C@H](C)C(=O)OC)cs1)C(C)C. The predicted octanol–water partition coefficient (Wildman–Crippen LogP) is 10.4. The Kier molecular flexibility index (Phi) is 25.9. The van der Waals surface area contributed by atoms with E-state index in [4.69, 9.17) is 23.9 Å². The van der Waals surface area contributed by atoms with Crippen molar-refractivity contribution in [3.63, 3.8) is 0 Å². The number of likely N-dealkylation sites (N-methyl/N-ethyl adjacent to an activating group) is 2. The topological polar surface area (TPSA) is 253 Å². The van der Waals surface area contributed by atoms with Crippen LogP contribution in [0.5, 0.6) is 0 Å². The fourth-order valence-corrected chi connectivity index (χ4v) is 12.4. The quantitative estimate of drug-likeness (QED) is 0.0193. The number of thiazole rings is 1. The van der Waals surface area contributed by atoms with Crippen LogP contribution in [0.4, 0.5) is 15.3 Å². The molecule has 3 aromatic carbocycles. The number of piperidine rings is 1. The van der Waals surface area contributed by atoms with Gasteiger partial charge in [-0.3, -0.25) is 33.7 Å². The van der Waals surface area contributed by atoms with E-state index in [9.17, 15) is 38.4 Å². The van der Waals surface area contributed by atoms with Gasteiger partial charge in [-0.15, -0.1) is 11.3 Å². The number of hydrogen-bond donors (Lipinski definition) is 5. The molecule has 21 heteroatoms. The lowest BCUT2D eigenvalue weighted by Crippen LogP contribution is -2.59. The molecular weight excluding hydrogens is 1140 g/mol. The number of carbonyl (C=O) groups excluding carboxylic acids is 8. The second-order valence-corrected chi connectivity index (χ2v) is 25.9. The van der Waals surface area contributed by atoms with Gasteiger partial charge in [0.25, 0.3) is 5.91 Å². The first-order chi connectivity index (χ1) is 41.8. The van der Waals surface area contributed by atoms with Crippen LogP contribution in [-0.2, 0) is 49.3 Å². The summed E-state index contributed by atoms with van der Waals surface area (Å²) in [6.07, 6.45) is 1.96. The maximum Gasteiger partial charge on any atom is 0.407 e. The Morgan fingerprint density at radius 2 is 1.50 bits per heavy atom. The number of carbonyl (C=O) groups is 8. The third-order valence-electron chi connectivity index (χ3n) is 16.6. The van der Waals surface area contributed by atoms with Crippen molar-refractivity contribution in [3.05, 3.63) is 106 Å². The number of hydrogen-bond acceptors (Lipinski definition) is 15. The summed E-state index contributed by atoms with van der Waals surface area (Å²) in [6.45, 7) is 21.8. The van der Waals surface area contributed by atoms with Crippen molar-refractivity contribution < 1.29 is 57.3 Å². The molecule has 0 saturated carbocycles. The average Bonchev–Trinajstić information content (AvgIpc) is 2.72. The molecule has 0 unspecified atom stereocenters. The van der Waals surface area contributed by atoms with Gasteiger partial charge >= 0.3 is 24.1 Å². The van der Waals surface area contributed by atoms with Gasteiger partial charge in [0, 0.05) is 55.5 Å². The lowest BCUT2D eigenvalue weighted by Gasteiger charge is -2.40. The van der Waals surface area contributed by atoms with Crippen LogP contribution in [-0.4, -0.2) is 139 Å². The Bertz CT molecular complexity index is 2970. The highest BCUT2D eigenvalue weighted by molar-refractivity contribution is 7.09. The van der Waals surface area contributed by atoms with Crippen molar-refractivity contribution in [2.75, 3.05) is 45.7 Å². The predicted molar refractivity (Wildman–Crippen MR) is 339 cm³/mol. The minimum absolute atomic E-state index is 0.0555. The van der Waals surface area contributed by atoms with E-state index in [1.54, 1.807) is 62.2 Å². The second-order valence-electron chi connectivity index (χ2n) is 25.0. The third kappa shape index (κ3) is 19.8. The smallest absolute Gasteiger partial charge is 0.407 e. The van der Waals surface area contributed by atoms with E-state index in [0.717, 1.165) is 52.1 Å². The first kappa shape index (κ1) is 69.7. The molecule has 480 valence electrons. The zero-order valence-corrected chi connectivity index (χ0v) is 54.5. The van der Waals surface area contributed by atoms with E-state index in [-0.39, 0.29) is 73.6 Å².